The smallest absolute Gasteiger partial charge is 0.244 e. The number of anilines is 1. The highest BCUT2D eigenvalue weighted by molar-refractivity contribution is 9.10. The minimum Gasteiger partial charge on any atom is -0.372 e. The molecule has 3 nitrogen and oxygen atoms in total. The van der Waals surface area contributed by atoms with Gasteiger partial charge in [-0.2, -0.15) is 0 Å². The van der Waals surface area contributed by atoms with Gasteiger partial charge in [0.1, 0.15) is 11.9 Å². The summed E-state index contributed by atoms with van der Waals surface area (Å²) in [6.07, 6.45) is 2.12. The number of hydrogen-bond acceptors (Lipinski definition) is 2. The van der Waals surface area contributed by atoms with E-state index in [2.05, 4.69) is 21.2 Å². The lowest BCUT2D eigenvalue weighted by Crippen LogP contribution is -2.39. The fourth-order valence-electron chi connectivity index (χ4n) is 2.11. The first kappa shape index (κ1) is 13.3. The third-order valence-electron chi connectivity index (χ3n) is 3.09. The van der Waals surface area contributed by atoms with Crippen LogP contribution in [0.3, 0.4) is 0 Å². The second-order valence-corrected chi connectivity index (χ2v) is 5.44. The van der Waals surface area contributed by atoms with Gasteiger partial charge in [0, 0.05) is 17.6 Å². The van der Waals surface area contributed by atoms with E-state index < -0.39 is 6.04 Å². The van der Waals surface area contributed by atoms with Gasteiger partial charge < -0.3 is 10.2 Å². The monoisotopic (exact) mass is 314 g/mol. The molecule has 5 heteroatoms. The van der Waals surface area contributed by atoms with Gasteiger partial charge in [0.2, 0.25) is 5.91 Å². The molecule has 1 atom stereocenters. The largest absolute Gasteiger partial charge is 0.372 e. The summed E-state index contributed by atoms with van der Waals surface area (Å²) >= 11 is 3.20. The van der Waals surface area contributed by atoms with Crippen LogP contribution < -0.4 is 5.32 Å². The van der Waals surface area contributed by atoms with Crippen molar-refractivity contribution < 1.29 is 9.18 Å². The molecule has 1 unspecified atom stereocenters. The number of hydrogen-bond donors (Lipinski definition) is 1. The van der Waals surface area contributed by atoms with Crippen LogP contribution in [0.4, 0.5) is 10.1 Å². The Labute approximate surface area is 114 Å². The van der Waals surface area contributed by atoms with E-state index in [9.17, 15) is 9.18 Å². The molecule has 1 aliphatic heterocycles. The van der Waals surface area contributed by atoms with Crippen LogP contribution in [0.1, 0.15) is 19.8 Å². The van der Waals surface area contributed by atoms with E-state index in [-0.39, 0.29) is 11.7 Å². The number of nitrogens with one attached hydrogen (secondary N) is 1. The van der Waals surface area contributed by atoms with Crippen molar-refractivity contribution in [1.82, 2.24) is 4.90 Å². The molecule has 0 aliphatic carbocycles. The molecule has 0 bridgehead atoms. The van der Waals surface area contributed by atoms with Gasteiger partial charge in [-0.1, -0.05) is 15.9 Å². The molecule has 1 fully saturated rings. The van der Waals surface area contributed by atoms with Crippen LogP contribution in [0, 0.1) is 5.82 Å². The van der Waals surface area contributed by atoms with Gasteiger partial charge in [-0.25, -0.2) is 4.39 Å². The van der Waals surface area contributed by atoms with Crippen molar-refractivity contribution in [3.63, 3.8) is 0 Å². The van der Waals surface area contributed by atoms with Gasteiger partial charge in [-0.05, 0) is 38.0 Å². The Bertz CT molecular complexity index is 447. The average molecular weight is 315 g/mol. The second-order valence-electron chi connectivity index (χ2n) is 4.52. The van der Waals surface area contributed by atoms with E-state index in [4.69, 9.17) is 0 Å². The maximum atomic E-state index is 13.6. The van der Waals surface area contributed by atoms with Crippen molar-refractivity contribution in [2.75, 3.05) is 18.4 Å². The predicted molar refractivity (Wildman–Crippen MR) is 73.0 cm³/mol. The minimum atomic E-state index is -0.404. The summed E-state index contributed by atoms with van der Waals surface area (Å²) in [5, 5.41) is 2.93. The van der Waals surface area contributed by atoms with Gasteiger partial charge in [-0.3, -0.25) is 4.79 Å². The van der Waals surface area contributed by atoms with Crippen LogP contribution in [0.15, 0.2) is 22.7 Å². The lowest BCUT2D eigenvalue weighted by molar-refractivity contribution is -0.130. The van der Waals surface area contributed by atoms with Crippen molar-refractivity contribution >= 4 is 27.5 Å². The molecule has 0 spiro atoms. The minimum absolute atomic E-state index is 0.0369. The molecule has 2 rings (SSSR count). The maximum Gasteiger partial charge on any atom is 0.244 e. The van der Waals surface area contributed by atoms with Crippen LogP contribution in [0.2, 0.25) is 0 Å². The SMILES string of the molecule is CC(Nc1ccc(Br)cc1F)C(=O)N1CCCC1. The van der Waals surface area contributed by atoms with Gasteiger partial charge in [0.05, 0.1) is 5.69 Å². The summed E-state index contributed by atoms with van der Waals surface area (Å²) < 4.78 is 14.3. The van der Waals surface area contributed by atoms with E-state index in [1.165, 1.54) is 6.07 Å². The third kappa shape index (κ3) is 3.02. The third-order valence-corrected chi connectivity index (χ3v) is 3.58. The molecule has 1 saturated heterocycles. The quantitative estimate of drug-likeness (QED) is 0.930. The Morgan fingerprint density at radius 3 is 2.72 bits per heavy atom. The van der Waals surface area contributed by atoms with E-state index >= 15 is 0 Å². The fraction of sp³-hybridized carbons (Fsp3) is 0.462. The van der Waals surface area contributed by atoms with Gasteiger partial charge in [0.15, 0.2) is 0 Å². The van der Waals surface area contributed by atoms with Crippen LogP contribution in [0.25, 0.3) is 0 Å². The number of nitrogens with zero attached hydrogens (tertiary/aromatic N) is 1. The van der Waals surface area contributed by atoms with E-state index in [0.29, 0.717) is 10.2 Å². The number of amides is 1. The van der Waals surface area contributed by atoms with Gasteiger partial charge >= 0.3 is 0 Å². The maximum absolute atomic E-state index is 13.6. The van der Waals surface area contributed by atoms with Crippen molar-refractivity contribution in [3.05, 3.63) is 28.5 Å². The highest BCUT2D eigenvalue weighted by Gasteiger charge is 2.23. The molecule has 1 aliphatic rings. The van der Waals surface area contributed by atoms with Crippen molar-refractivity contribution in [2.45, 2.75) is 25.8 Å². The van der Waals surface area contributed by atoms with Crippen LogP contribution in [-0.4, -0.2) is 29.9 Å². The second kappa shape index (κ2) is 5.69. The van der Waals surface area contributed by atoms with E-state index in [0.717, 1.165) is 25.9 Å². The molecule has 98 valence electrons. The normalized spacial score (nSPS) is 16.7. The van der Waals surface area contributed by atoms with E-state index in [1.807, 2.05) is 4.90 Å². The lowest BCUT2D eigenvalue weighted by Gasteiger charge is -2.22. The van der Waals surface area contributed by atoms with Crippen LogP contribution >= 0.6 is 15.9 Å². The number of rotatable bonds is 3. The predicted octanol–water partition coefficient (Wildman–Crippen LogP) is 3.01. The Morgan fingerprint density at radius 1 is 1.44 bits per heavy atom. The van der Waals surface area contributed by atoms with Gasteiger partial charge in [-0.15, -0.1) is 0 Å². The van der Waals surface area contributed by atoms with E-state index in [1.54, 1.807) is 19.1 Å². The Kier molecular flexibility index (Phi) is 4.22. The first-order chi connectivity index (χ1) is 8.58. The number of likely N-dealkylation sites (tertiary alicyclic amines) is 1. The molecule has 1 amide bonds. The fourth-order valence-corrected chi connectivity index (χ4v) is 2.45. The Hall–Kier alpha value is -1.10. The molecule has 0 radical (unpaired) electrons. The summed E-state index contributed by atoms with van der Waals surface area (Å²) in [6.45, 7) is 3.39. The Morgan fingerprint density at radius 2 is 2.11 bits per heavy atom. The number of benzene rings is 1. The average Bonchev–Trinajstić information content (AvgIpc) is 2.85. The van der Waals surface area contributed by atoms with Crippen LogP contribution in [0.5, 0.6) is 0 Å². The molecule has 1 heterocycles. The molecular weight excluding hydrogens is 299 g/mol. The molecule has 0 saturated carbocycles. The zero-order chi connectivity index (χ0) is 13.1. The first-order valence-electron chi connectivity index (χ1n) is 6.08. The molecule has 1 aromatic carbocycles. The highest BCUT2D eigenvalue weighted by Crippen LogP contribution is 2.20. The topological polar surface area (TPSA) is 32.3 Å². The molecule has 1 aromatic rings. The molecular formula is C13H16BrFN2O. The molecule has 18 heavy (non-hydrogen) atoms. The van der Waals surface area contributed by atoms with Crippen molar-refractivity contribution in [1.29, 1.82) is 0 Å². The number of carbonyl (C=O) groups excluding carboxylic acids is 1. The lowest BCUT2D eigenvalue weighted by atomic mass is 10.2. The van der Waals surface area contributed by atoms with Crippen molar-refractivity contribution in [2.24, 2.45) is 0 Å². The zero-order valence-electron chi connectivity index (χ0n) is 10.2. The number of carbonyl (C=O) groups is 1. The zero-order valence-corrected chi connectivity index (χ0v) is 11.8. The summed E-state index contributed by atoms with van der Waals surface area (Å²) in [5.41, 5.74) is 0.359. The molecule has 0 aromatic heterocycles. The van der Waals surface area contributed by atoms with Crippen LogP contribution in [-0.2, 0) is 4.79 Å². The standard InChI is InChI=1S/C13H16BrFN2O/c1-9(13(18)17-6-2-3-7-17)16-12-5-4-10(14)8-11(12)15/h4-5,8-9,16H,2-3,6-7H2,1H3. The molecule has 1 N–H and O–H groups in total. The summed E-state index contributed by atoms with van der Waals surface area (Å²) in [7, 11) is 0. The highest BCUT2D eigenvalue weighted by atomic mass is 79.9. The summed E-state index contributed by atoms with van der Waals surface area (Å²) in [5.74, 6) is -0.319. The van der Waals surface area contributed by atoms with Gasteiger partial charge in [0.25, 0.3) is 0 Å². The summed E-state index contributed by atoms with van der Waals surface area (Å²) in [6, 6.07) is 4.36. The summed E-state index contributed by atoms with van der Waals surface area (Å²) in [4.78, 5) is 13.9. The first-order valence-corrected chi connectivity index (χ1v) is 6.87. The van der Waals surface area contributed by atoms with Crippen molar-refractivity contribution in [3.8, 4) is 0 Å². The Balaban J connectivity index is 2.01. The number of halogens is 2.